The van der Waals surface area contributed by atoms with E-state index in [-0.39, 0.29) is 28.5 Å². The van der Waals surface area contributed by atoms with Crippen LogP contribution in [-0.2, 0) is 14.6 Å². The fourth-order valence-corrected chi connectivity index (χ4v) is 6.47. The van der Waals surface area contributed by atoms with Gasteiger partial charge in [-0.3, -0.25) is 15.2 Å². The molecule has 1 amide bonds. The zero-order chi connectivity index (χ0) is 25.2. The Labute approximate surface area is 217 Å². The van der Waals surface area contributed by atoms with Gasteiger partial charge in [-0.1, -0.05) is 55.6 Å². The molecule has 4 rings (SSSR count). The molecule has 0 spiro atoms. The minimum absolute atomic E-state index is 0.0998. The summed E-state index contributed by atoms with van der Waals surface area (Å²) in [7, 11) is -3.33. The highest BCUT2D eigenvalue weighted by Crippen LogP contribution is 2.42. The van der Waals surface area contributed by atoms with Gasteiger partial charge in [0.2, 0.25) is 0 Å². The highest BCUT2D eigenvalue weighted by Gasteiger charge is 2.40. The number of piperidine rings is 1. The lowest BCUT2D eigenvalue weighted by Gasteiger charge is -2.28. The van der Waals surface area contributed by atoms with Gasteiger partial charge in [-0.2, -0.15) is 5.10 Å². The molecule has 2 aliphatic heterocycles. The molecule has 2 unspecified atom stereocenters. The number of anilines is 1. The monoisotopic (exact) mass is 536 g/mol. The number of hydrogen-bond acceptors (Lipinski definition) is 6. The molecule has 0 bridgehead atoms. The molecule has 2 aromatic carbocycles. The van der Waals surface area contributed by atoms with Crippen molar-refractivity contribution in [3.63, 3.8) is 0 Å². The van der Waals surface area contributed by atoms with Crippen LogP contribution >= 0.6 is 23.2 Å². The molecule has 35 heavy (non-hydrogen) atoms. The van der Waals surface area contributed by atoms with Gasteiger partial charge >= 0.3 is 0 Å². The van der Waals surface area contributed by atoms with Crippen LogP contribution in [0.2, 0.25) is 10.0 Å². The average molecular weight is 538 g/mol. The van der Waals surface area contributed by atoms with Crippen LogP contribution in [0.1, 0.15) is 51.1 Å². The van der Waals surface area contributed by atoms with Gasteiger partial charge in [-0.25, -0.2) is 13.4 Å². The van der Waals surface area contributed by atoms with Crippen LogP contribution in [0.5, 0.6) is 0 Å². The van der Waals surface area contributed by atoms with Crippen molar-refractivity contribution < 1.29 is 13.2 Å². The lowest BCUT2D eigenvalue weighted by molar-refractivity contribution is -0.120. The van der Waals surface area contributed by atoms with E-state index in [2.05, 4.69) is 5.43 Å². The number of amides is 1. The minimum atomic E-state index is -3.33. The lowest BCUT2D eigenvalue weighted by Crippen LogP contribution is -2.48. The molecule has 0 aromatic heterocycles. The Morgan fingerprint density at radius 1 is 1.09 bits per heavy atom. The Morgan fingerprint density at radius 3 is 2.40 bits per heavy atom. The summed E-state index contributed by atoms with van der Waals surface area (Å²) >= 11 is 12.6. The number of hydrogen-bond donors (Lipinski definition) is 1. The molecular formula is C25H30Cl2N4O3S. The van der Waals surface area contributed by atoms with Crippen LogP contribution in [0, 0.1) is 5.92 Å². The molecular weight excluding hydrogens is 507 g/mol. The first kappa shape index (κ1) is 25.9. The summed E-state index contributed by atoms with van der Waals surface area (Å²) in [6.45, 7) is 5.42. The van der Waals surface area contributed by atoms with E-state index < -0.39 is 9.84 Å². The first-order valence-corrected chi connectivity index (χ1v) is 14.3. The van der Waals surface area contributed by atoms with E-state index in [1.165, 1.54) is 6.42 Å². The van der Waals surface area contributed by atoms with Gasteiger partial charge in [-0.15, -0.1) is 0 Å². The molecule has 1 saturated heterocycles. The number of hydrazone groups is 1. The molecule has 0 saturated carbocycles. The van der Waals surface area contributed by atoms with Crippen LogP contribution in [0.15, 0.2) is 52.5 Å². The smallest absolute Gasteiger partial charge is 0.282 e. The Morgan fingerprint density at radius 2 is 1.77 bits per heavy atom. The normalized spacial score (nSPS) is 21.1. The summed E-state index contributed by atoms with van der Waals surface area (Å²) in [5.41, 5.74) is 4.86. The molecule has 7 nitrogen and oxygen atoms in total. The highest BCUT2D eigenvalue weighted by molar-refractivity contribution is 7.91. The highest BCUT2D eigenvalue weighted by atomic mass is 35.5. The third kappa shape index (κ3) is 5.66. The maximum atomic E-state index is 13.2. The van der Waals surface area contributed by atoms with Crippen molar-refractivity contribution in [1.82, 2.24) is 10.4 Å². The molecule has 1 fully saturated rings. The summed E-state index contributed by atoms with van der Waals surface area (Å²) in [6.07, 6.45) is 3.81. The molecule has 188 valence electrons. The number of sulfone groups is 1. The van der Waals surface area contributed by atoms with E-state index in [9.17, 15) is 13.2 Å². The van der Waals surface area contributed by atoms with Gasteiger partial charge in [0.1, 0.15) is 5.71 Å². The van der Waals surface area contributed by atoms with Crippen LogP contribution < -0.4 is 10.4 Å². The zero-order valence-electron chi connectivity index (χ0n) is 19.9. The lowest BCUT2D eigenvalue weighted by atomic mass is 9.91. The molecule has 0 aliphatic carbocycles. The first-order chi connectivity index (χ1) is 16.7. The molecule has 2 aliphatic rings. The third-order valence-electron chi connectivity index (χ3n) is 6.44. The van der Waals surface area contributed by atoms with Crippen molar-refractivity contribution in [2.45, 2.75) is 50.5 Å². The third-order valence-corrected chi connectivity index (χ3v) is 8.92. The maximum Gasteiger partial charge on any atom is 0.282 e. The van der Waals surface area contributed by atoms with Crippen molar-refractivity contribution in [1.29, 1.82) is 0 Å². The molecule has 0 radical (unpaired) electrons. The SMILES string of the molecule is CCCS(=O)(=O)c1ccc(C2C(C)C(C(=O)NN3CCCCC3)=NN2c2ccc(Cl)cc2Cl)cc1. The van der Waals surface area contributed by atoms with Gasteiger partial charge in [0.15, 0.2) is 9.84 Å². The topological polar surface area (TPSA) is 82.1 Å². The van der Waals surface area contributed by atoms with E-state index in [0.29, 0.717) is 27.9 Å². The Balaban J connectivity index is 1.68. The van der Waals surface area contributed by atoms with Crippen molar-refractivity contribution in [2.24, 2.45) is 11.0 Å². The number of nitrogens with zero attached hydrogens (tertiary/aromatic N) is 3. The van der Waals surface area contributed by atoms with Gasteiger partial charge < -0.3 is 0 Å². The predicted molar refractivity (Wildman–Crippen MR) is 141 cm³/mol. The Kier molecular flexibility index (Phi) is 8.06. The second-order valence-corrected chi connectivity index (χ2v) is 12.0. The summed E-state index contributed by atoms with van der Waals surface area (Å²) in [5.74, 6) is -0.411. The van der Waals surface area contributed by atoms with Crippen LogP contribution in [-0.4, -0.2) is 43.9 Å². The minimum Gasteiger partial charge on any atom is -0.284 e. The Bertz CT molecular complexity index is 1210. The molecule has 2 heterocycles. The average Bonchev–Trinajstić information content (AvgIpc) is 3.16. The predicted octanol–water partition coefficient (Wildman–Crippen LogP) is 5.25. The number of carbonyl (C=O) groups excluding carboxylic acids is 1. The first-order valence-electron chi connectivity index (χ1n) is 11.9. The molecule has 1 N–H and O–H groups in total. The summed E-state index contributed by atoms with van der Waals surface area (Å²) in [6, 6.07) is 11.6. The number of carbonyl (C=O) groups is 1. The van der Waals surface area contributed by atoms with Gasteiger partial charge in [0.05, 0.1) is 27.4 Å². The number of nitrogens with one attached hydrogen (secondary N) is 1. The summed E-state index contributed by atoms with van der Waals surface area (Å²) in [5, 5.41) is 9.32. The quantitative estimate of drug-likeness (QED) is 0.522. The largest absolute Gasteiger partial charge is 0.284 e. The molecule has 10 heteroatoms. The van der Waals surface area contributed by atoms with Crippen molar-refractivity contribution >= 4 is 50.3 Å². The Hall–Kier alpha value is -2.13. The number of benzene rings is 2. The second kappa shape index (κ2) is 10.9. The second-order valence-electron chi connectivity index (χ2n) is 9.04. The number of hydrazine groups is 1. The maximum absolute atomic E-state index is 13.2. The van der Waals surface area contributed by atoms with Crippen LogP contribution in [0.4, 0.5) is 5.69 Å². The van der Waals surface area contributed by atoms with Gasteiger partial charge in [-0.05, 0) is 55.2 Å². The summed E-state index contributed by atoms with van der Waals surface area (Å²) < 4.78 is 25.0. The van der Waals surface area contributed by atoms with Gasteiger partial charge in [0, 0.05) is 24.0 Å². The number of halogens is 2. The summed E-state index contributed by atoms with van der Waals surface area (Å²) in [4.78, 5) is 13.5. The molecule has 2 aromatic rings. The van der Waals surface area contributed by atoms with E-state index in [0.717, 1.165) is 31.5 Å². The van der Waals surface area contributed by atoms with Crippen molar-refractivity contribution in [3.05, 3.63) is 58.1 Å². The zero-order valence-corrected chi connectivity index (χ0v) is 22.2. The fraction of sp³-hybridized carbons (Fsp3) is 0.440. The van der Waals surface area contributed by atoms with Gasteiger partial charge in [0.25, 0.3) is 5.91 Å². The number of rotatable bonds is 7. The van der Waals surface area contributed by atoms with E-state index in [4.69, 9.17) is 28.3 Å². The van der Waals surface area contributed by atoms with Crippen molar-refractivity contribution in [3.8, 4) is 0 Å². The van der Waals surface area contributed by atoms with Crippen LogP contribution in [0.3, 0.4) is 0 Å². The van der Waals surface area contributed by atoms with Crippen molar-refractivity contribution in [2.75, 3.05) is 23.9 Å². The van der Waals surface area contributed by atoms with E-state index in [1.54, 1.807) is 47.5 Å². The van der Waals surface area contributed by atoms with E-state index >= 15 is 0 Å². The molecule has 2 atom stereocenters. The fourth-order valence-electron chi connectivity index (χ4n) is 4.65. The van der Waals surface area contributed by atoms with E-state index in [1.807, 2.05) is 18.9 Å². The van der Waals surface area contributed by atoms with Crippen LogP contribution in [0.25, 0.3) is 0 Å². The standard InChI is InChI=1S/C25H30Cl2N4O3S/c1-3-15-35(33,34)20-10-7-18(8-11-20)24-17(2)23(25(32)29-30-13-5-4-6-14-30)28-31(24)22-12-9-19(26)16-21(22)27/h7-12,16-17,24H,3-6,13-15H2,1-2H3,(H,29,32).